The quantitative estimate of drug-likeness (QED) is 0.181. The van der Waals surface area contributed by atoms with Crippen molar-refractivity contribution >= 4 is 72.1 Å². The zero-order chi connectivity index (χ0) is 21.5. The van der Waals surface area contributed by atoms with Crippen molar-refractivity contribution in [2.45, 2.75) is 6.61 Å². The van der Waals surface area contributed by atoms with Crippen LogP contribution in [0.5, 0.6) is 5.75 Å². The number of rotatable bonds is 6. The lowest BCUT2D eigenvalue weighted by atomic mass is 10.1. The summed E-state index contributed by atoms with van der Waals surface area (Å²) < 4.78 is 8.84. The van der Waals surface area contributed by atoms with Crippen LogP contribution in [0.1, 0.15) is 11.1 Å². The smallest absolute Gasteiger partial charge is 0.266 e. The van der Waals surface area contributed by atoms with E-state index >= 15 is 0 Å². The topological polar surface area (TPSA) is 62.1 Å². The highest BCUT2D eigenvalue weighted by Gasteiger charge is 2.12. The van der Waals surface area contributed by atoms with E-state index < -0.39 is 5.91 Å². The lowest BCUT2D eigenvalue weighted by molar-refractivity contribution is -0.112. The highest BCUT2D eigenvalue weighted by atomic mass is 127. The van der Waals surface area contributed by atoms with Gasteiger partial charge >= 0.3 is 0 Å². The molecule has 0 heterocycles. The number of nitrogens with zero attached hydrogens (tertiary/aromatic N) is 1. The average Bonchev–Trinajstić information content (AvgIpc) is 2.74. The van der Waals surface area contributed by atoms with Gasteiger partial charge in [0.1, 0.15) is 24.0 Å². The Bertz CT molecular complexity index is 1120. The Balaban J connectivity index is 1.81. The Morgan fingerprint density at radius 3 is 2.37 bits per heavy atom. The molecule has 7 heteroatoms. The predicted octanol–water partition coefficient (Wildman–Crippen LogP) is 6.94. The van der Waals surface area contributed by atoms with Crippen LogP contribution in [0, 0.1) is 14.9 Å². The Hall–Kier alpha value is -2.15. The standard InChI is InChI=1S/C23H15Br2IN2O2/c24-18-3-8-21(9-4-18)28-23(29)17(13-27)11-16-12-19(25)5-10-22(16)30-14-15-1-6-20(26)7-2-15/h1-12H,14H2,(H,28,29)/b17-11+. The molecule has 150 valence electrons. The number of amides is 1. The number of carbonyl (C=O) groups excluding carboxylic acids is 1. The molecule has 0 aliphatic heterocycles. The van der Waals surface area contributed by atoms with Gasteiger partial charge in [-0.15, -0.1) is 0 Å². The second-order valence-electron chi connectivity index (χ2n) is 6.23. The summed E-state index contributed by atoms with van der Waals surface area (Å²) in [4.78, 5) is 12.6. The lowest BCUT2D eigenvalue weighted by Crippen LogP contribution is -2.13. The van der Waals surface area contributed by atoms with Crippen LogP contribution in [0.25, 0.3) is 6.08 Å². The number of halogens is 3. The molecule has 0 saturated carbocycles. The van der Waals surface area contributed by atoms with Gasteiger partial charge in [-0.3, -0.25) is 4.79 Å². The summed E-state index contributed by atoms with van der Waals surface area (Å²) in [6.45, 7) is 0.381. The highest BCUT2D eigenvalue weighted by molar-refractivity contribution is 14.1. The van der Waals surface area contributed by atoms with E-state index in [1.807, 2.05) is 60.7 Å². The summed E-state index contributed by atoms with van der Waals surface area (Å²) in [5.41, 5.74) is 2.25. The molecule has 3 aromatic carbocycles. The Kier molecular flexibility index (Phi) is 8.08. The largest absolute Gasteiger partial charge is 0.488 e. The van der Waals surface area contributed by atoms with E-state index in [-0.39, 0.29) is 5.57 Å². The minimum atomic E-state index is -0.483. The highest BCUT2D eigenvalue weighted by Crippen LogP contribution is 2.27. The average molecular weight is 638 g/mol. The third kappa shape index (κ3) is 6.42. The molecular weight excluding hydrogens is 623 g/mol. The molecule has 0 aromatic heterocycles. The van der Waals surface area contributed by atoms with E-state index in [1.165, 1.54) is 6.08 Å². The van der Waals surface area contributed by atoms with Crippen LogP contribution in [0.4, 0.5) is 5.69 Å². The number of hydrogen-bond donors (Lipinski definition) is 1. The molecule has 4 nitrogen and oxygen atoms in total. The van der Waals surface area contributed by atoms with Crippen LogP contribution in [0.2, 0.25) is 0 Å². The van der Waals surface area contributed by atoms with Gasteiger partial charge in [-0.1, -0.05) is 44.0 Å². The SMILES string of the molecule is N#C/C(=C\c1cc(Br)ccc1OCc1ccc(I)cc1)C(=O)Nc1ccc(Br)cc1. The van der Waals surface area contributed by atoms with Crippen molar-refractivity contribution in [3.63, 3.8) is 0 Å². The summed E-state index contributed by atoms with van der Waals surface area (Å²) in [7, 11) is 0. The Morgan fingerprint density at radius 1 is 1.03 bits per heavy atom. The zero-order valence-corrected chi connectivity index (χ0v) is 20.9. The van der Waals surface area contributed by atoms with Gasteiger partial charge in [-0.05, 0) is 88.8 Å². The second kappa shape index (κ2) is 10.8. The number of carbonyl (C=O) groups is 1. The molecule has 0 fully saturated rings. The van der Waals surface area contributed by atoms with Crippen molar-refractivity contribution in [2.75, 3.05) is 5.32 Å². The van der Waals surface area contributed by atoms with Crippen LogP contribution in [0.3, 0.4) is 0 Å². The fraction of sp³-hybridized carbons (Fsp3) is 0.0435. The van der Waals surface area contributed by atoms with Crippen molar-refractivity contribution < 1.29 is 9.53 Å². The van der Waals surface area contributed by atoms with Crippen LogP contribution in [0.15, 0.2) is 81.2 Å². The summed E-state index contributed by atoms with van der Waals surface area (Å²) >= 11 is 9.04. The number of ether oxygens (including phenoxy) is 1. The van der Waals surface area contributed by atoms with E-state index in [2.05, 4.69) is 59.8 Å². The number of benzene rings is 3. The molecule has 30 heavy (non-hydrogen) atoms. The second-order valence-corrected chi connectivity index (χ2v) is 9.31. The molecule has 0 unspecified atom stereocenters. The van der Waals surface area contributed by atoms with E-state index in [0.717, 1.165) is 18.1 Å². The third-order valence-corrected chi connectivity index (χ3v) is 5.79. The molecule has 0 saturated heterocycles. The van der Waals surface area contributed by atoms with Crippen LogP contribution >= 0.6 is 54.5 Å². The maximum Gasteiger partial charge on any atom is 0.266 e. The number of nitriles is 1. The molecule has 0 spiro atoms. The van der Waals surface area contributed by atoms with Gasteiger partial charge in [0.15, 0.2) is 0 Å². The fourth-order valence-electron chi connectivity index (χ4n) is 2.54. The molecule has 0 bridgehead atoms. The first-order chi connectivity index (χ1) is 14.4. The monoisotopic (exact) mass is 636 g/mol. The normalized spacial score (nSPS) is 10.9. The van der Waals surface area contributed by atoms with Gasteiger partial charge in [0.05, 0.1) is 0 Å². The maximum atomic E-state index is 12.6. The van der Waals surface area contributed by atoms with Crippen molar-refractivity contribution in [2.24, 2.45) is 0 Å². The van der Waals surface area contributed by atoms with Crippen LogP contribution < -0.4 is 10.1 Å². The summed E-state index contributed by atoms with van der Waals surface area (Å²) in [6, 6.07) is 22.6. The third-order valence-electron chi connectivity index (χ3n) is 4.05. The molecule has 3 rings (SSSR count). The Labute approximate surface area is 205 Å². The number of anilines is 1. The first-order valence-electron chi connectivity index (χ1n) is 8.80. The van der Waals surface area contributed by atoms with Crippen molar-refractivity contribution in [3.05, 3.63) is 95.9 Å². The molecule has 1 amide bonds. The van der Waals surface area contributed by atoms with Gasteiger partial charge in [0.2, 0.25) is 0 Å². The van der Waals surface area contributed by atoms with E-state index in [9.17, 15) is 10.1 Å². The lowest BCUT2D eigenvalue weighted by Gasteiger charge is -2.11. The van der Waals surface area contributed by atoms with Crippen LogP contribution in [-0.2, 0) is 11.4 Å². The minimum absolute atomic E-state index is 0.0184. The first kappa shape index (κ1) is 22.5. The molecule has 1 N–H and O–H groups in total. The van der Waals surface area contributed by atoms with Crippen molar-refractivity contribution in [1.82, 2.24) is 0 Å². The van der Waals surface area contributed by atoms with E-state index in [0.29, 0.717) is 23.6 Å². The van der Waals surface area contributed by atoms with E-state index in [4.69, 9.17) is 4.74 Å². The van der Waals surface area contributed by atoms with E-state index in [1.54, 1.807) is 12.1 Å². The van der Waals surface area contributed by atoms with Crippen molar-refractivity contribution in [3.8, 4) is 11.8 Å². The minimum Gasteiger partial charge on any atom is -0.488 e. The zero-order valence-electron chi connectivity index (χ0n) is 15.5. The number of hydrogen-bond acceptors (Lipinski definition) is 3. The predicted molar refractivity (Wildman–Crippen MR) is 134 cm³/mol. The van der Waals surface area contributed by atoms with Gasteiger partial charge in [-0.25, -0.2) is 0 Å². The van der Waals surface area contributed by atoms with Crippen LogP contribution in [-0.4, -0.2) is 5.91 Å². The van der Waals surface area contributed by atoms with Gasteiger partial charge < -0.3 is 10.1 Å². The molecule has 0 radical (unpaired) electrons. The summed E-state index contributed by atoms with van der Waals surface area (Å²) in [5.74, 6) is 0.101. The first-order valence-corrected chi connectivity index (χ1v) is 11.5. The fourth-order valence-corrected chi connectivity index (χ4v) is 3.54. The molecule has 3 aromatic rings. The molecular formula is C23H15Br2IN2O2. The molecule has 0 atom stereocenters. The van der Waals surface area contributed by atoms with Gasteiger partial charge in [-0.2, -0.15) is 5.26 Å². The summed E-state index contributed by atoms with van der Waals surface area (Å²) in [5, 5.41) is 12.3. The molecule has 0 aliphatic rings. The Morgan fingerprint density at radius 2 is 1.70 bits per heavy atom. The van der Waals surface area contributed by atoms with Gasteiger partial charge in [0, 0.05) is 23.8 Å². The van der Waals surface area contributed by atoms with Crippen molar-refractivity contribution in [1.29, 1.82) is 5.26 Å². The summed E-state index contributed by atoms with van der Waals surface area (Å²) in [6.07, 6.45) is 1.53. The number of nitrogens with one attached hydrogen (secondary N) is 1. The van der Waals surface area contributed by atoms with Gasteiger partial charge in [0.25, 0.3) is 5.91 Å². The molecule has 0 aliphatic carbocycles. The maximum absolute atomic E-state index is 12.6.